The fourth-order valence-electron chi connectivity index (χ4n) is 4.83. The van der Waals surface area contributed by atoms with Crippen LogP contribution in [0.15, 0.2) is 36.5 Å². The summed E-state index contributed by atoms with van der Waals surface area (Å²) in [6.07, 6.45) is 10.3. The van der Waals surface area contributed by atoms with Gasteiger partial charge in [0.05, 0.1) is 11.1 Å². The maximum absolute atomic E-state index is 13.5. The Hall–Kier alpha value is -2.68. The second kappa shape index (κ2) is 11.3. The van der Waals surface area contributed by atoms with Crippen molar-refractivity contribution in [1.29, 1.82) is 0 Å². The molecule has 0 atom stereocenters. The molecule has 0 unspecified atom stereocenters. The number of aryl methyl sites for hydroxylation is 3. The third kappa shape index (κ3) is 5.03. The van der Waals surface area contributed by atoms with E-state index in [1.165, 1.54) is 27.8 Å². The minimum atomic E-state index is -0.0493. The van der Waals surface area contributed by atoms with E-state index in [1.807, 2.05) is 36.5 Å². The number of amides is 1. The molecular weight excluding hydrogens is 392 g/mol. The predicted octanol–water partition coefficient (Wildman–Crippen LogP) is 7.61. The van der Waals surface area contributed by atoms with Crippen LogP contribution in [0.4, 0.5) is 5.69 Å². The Labute approximate surface area is 193 Å². The first-order valence-electron chi connectivity index (χ1n) is 12.4. The van der Waals surface area contributed by atoms with E-state index in [2.05, 4.69) is 39.9 Å². The van der Waals surface area contributed by atoms with E-state index in [1.54, 1.807) is 0 Å². The number of carbonyl (C=O) groups excluding carboxylic acids is 1. The highest BCUT2D eigenvalue weighted by molar-refractivity contribution is 6.14. The minimum Gasteiger partial charge on any atom is -0.322 e. The van der Waals surface area contributed by atoms with E-state index < -0.39 is 0 Å². The lowest BCUT2D eigenvalue weighted by molar-refractivity contribution is 0.102. The van der Waals surface area contributed by atoms with Crippen molar-refractivity contribution in [2.45, 2.75) is 86.0 Å². The van der Waals surface area contributed by atoms with Gasteiger partial charge >= 0.3 is 0 Å². The molecule has 1 heterocycles. The Morgan fingerprint density at radius 1 is 0.750 bits per heavy atom. The third-order valence-corrected chi connectivity index (χ3v) is 6.19. The van der Waals surface area contributed by atoms with Crippen LogP contribution in [0.2, 0.25) is 0 Å². The second-order valence-electron chi connectivity index (χ2n) is 8.82. The van der Waals surface area contributed by atoms with Crippen molar-refractivity contribution < 1.29 is 4.79 Å². The van der Waals surface area contributed by atoms with Gasteiger partial charge in [-0.3, -0.25) is 9.78 Å². The Balaban J connectivity index is 2.27. The van der Waals surface area contributed by atoms with Crippen molar-refractivity contribution >= 4 is 22.5 Å². The Morgan fingerprint density at radius 2 is 1.28 bits per heavy atom. The smallest absolute Gasteiger partial charge is 0.256 e. The minimum absolute atomic E-state index is 0.0493. The number of fused-ring (bicyclic) bond motifs is 1. The van der Waals surface area contributed by atoms with Gasteiger partial charge < -0.3 is 5.32 Å². The Bertz CT molecular complexity index is 1070. The van der Waals surface area contributed by atoms with Crippen LogP contribution in [0.5, 0.6) is 0 Å². The van der Waals surface area contributed by atoms with Gasteiger partial charge in [-0.1, -0.05) is 71.1 Å². The highest BCUT2D eigenvalue weighted by Crippen LogP contribution is 2.35. The van der Waals surface area contributed by atoms with Crippen LogP contribution in [0.25, 0.3) is 10.9 Å². The number of aromatic nitrogens is 1. The number of pyridine rings is 1. The maximum Gasteiger partial charge on any atom is 0.256 e. The molecular formula is C29H38N2O. The molecule has 32 heavy (non-hydrogen) atoms. The van der Waals surface area contributed by atoms with Crippen molar-refractivity contribution in [2.75, 3.05) is 5.32 Å². The van der Waals surface area contributed by atoms with Crippen molar-refractivity contribution in [3.05, 3.63) is 69.9 Å². The summed E-state index contributed by atoms with van der Waals surface area (Å²) in [6, 6.07) is 9.88. The SMILES string of the molecule is CCCc1c(CCC)c(CCC)c2c(C(=O)Nc3ccc(C)cc3)ccnc2c1CCC. The molecule has 0 saturated heterocycles. The Kier molecular flexibility index (Phi) is 8.44. The fourth-order valence-corrected chi connectivity index (χ4v) is 4.83. The van der Waals surface area contributed by atoms with Crippen LogP contribution in [-0.4, -0.2) is 10.9 Å². The average Bonchev–Trinajstić information content (AvgIpc) is 2.79. The molecule has 0 aliphatic rings. The molecule has 0 fully saturated rings. The predicted molar refractivity (Wildman–Crippen MR) is 137 cm³/mol. The van der Waals surface area contributed by atoms with Crippen molar-refractivity contribution in [1.82, 2.24) is 4.98 Å². The Morgan fingerprint density at radius 3 is 1.88 bits per heavy atom. The van der Waals surface area contributed by atoms with Gasteiger partial charge in [-0.05, 0) is 73.1 Å². The zero-order valence-electron chi connectivity index (χ0n) is 20.5. The van der Waals surface area contributed by atoms with E-state index in [4.69, 9.17) is 4.98 Å². The highest BCUT2D eigenvalue weighted by Gasteiger charge is 2.23. The number of hydrogen-bond donors (Lipinski definition) is 1. The van der Waals surface area contributed by atoms with Crippen LogP contribution in [0.3, 0.4) is 0 Å². The molecule has 3 rings (SSSR count). The number of anilines is 1. The average molecular weight is 431 g/mol. The van der Waals surface area contributed by atoms with Gasteiger partial charge in [0, 0.05) is 17.3 Å². The first-order chi connectivity index (χ1) is 15.5. The van der Waals surface area contributed by atoms with Crippen LogP contribution < -0.4 is 5.32 Å². The first kappa shape index (κ1) is 24.0. The molecule has 3 aromatic rings. The summed E-state index contributed by atoms with van der Waals surface area (Å²) < 4.78 is 0. The zero-order valence-corrected chi connectivity index (χ0v) is 20.5. The monoisotopic (exact) mass is 430 g/mol. The van der Waals surface area contributed by atoms with Gasteiger partial charge in [-0.15, -0.1) is 0 Å². The van der Waals surface area contributed by atoms with E-state index in [-0.39, 0.29) is 5.91 Å². The van der Waals surface area contributed by atoms with Gasteiger partial charge in [0.15, 0.2) is 0 Å². The maximum atomic E-state index is 13.5. The summed E-state index contributed by atoms with van der Waals surface area (Å²) in [4.78, 5) is 18.3. The lowest BCUT2D eigenvalue weighted by Crippen LogP contribution is -2.16. The van der Waals surface area contributed by atoms with E-state index in [9.17, 15) is 4.79 Å². The van der Waals surface area contributed by atoms with Crippen molar-refractivity contribution in [3.8, 4) is 0 Å². The number of hydrogen-bond acceptors (Lipinski definition) is 2. The number of nitrogens with one attached hydrogen (secondary N) is 1. The van der Waals surface area contributed by atoms with Crippen LogP contribution in [0, 0.1) is 6.92 Å². The number of nitrogens with zero attached hydrogens (tertiary/aromatic N) is 1. The lowest BCUT2D eigenvalue weighted by atomic mass is 9.83. The standard InChI is InChI=1S/C29H38N2O/c1-6-10-22-23(11-7-2)25(13-9-4)28-27(24(22)12-8-3)26(18-19-30-28)29(32)31-21-16-14-20(5)15-17-21/h14-19H,6-13H2,1-5H3,(H,31,32). The number of carbonyl (C=O) groups is 1. The summed E-state index contributed by atoms with van der Waals surface area (Å²) in [7, 11) is 0. The van der Waals surface area contributed by atoms with Crippen molar-refractivity contribution in [3.63, 3.8) is 0 Å². The fraction of sp³-hybridized carbons (Fsp3) is 0.448. The molecule has 0 radical (unpaired) electrons. The number of rotatable bonds is 10. The van der Waals surface area contributed by atoms with Gasteiger partial charge in [-0.2, -0.15) is 0 Å². The summed E-state index contributed by atoms with van der Waals surface area (Å²) >= 11 is 0. The second-order valence-corrected chi connectivity index (χ2v) is 8.82. The molecule has 0 spiro atoms. The topological polar surface area (TPSA) is 42.0 Å². The van der Waals surface area contributed by atoms with Crippen molar-refractivity contribution in [2.24, 2.45) is 0 Å². The van der Waals surface area contributed by atoms with E-state index >= 15 is 0 Å². The molecule has 0 aliphatic carbocycles. The van der Waals surface area contributed by atoms with Gasteiger partial charge in [0.25, 0.3) is 5.91 Å². The zero-order chi connectivity index (χ0) is 23.1. The molecule has 3 heteroatoms. The van der Waals surface area contributed by atoms with Gasteiger partial charge in [0.1, 0.15) is 0 Å². The normalized spacial score (nSPS) is 11.2. The summed E-state index contributed by atoms with van der Waals surface area (Å²) in [5.41, 5.74) is 9.46. The molecule has 0 aliphatic heterocycles. The molecule has 1 amide bonds. The molecule has 0 bridgehead atoms. The largest absolute Gasteiger partial charge is 0.322 e. The molecule has 1 aromatic heterocycles. The molecule has 3 nitrogen and oxygen atoms in total. The molecule has 170 valence electrons. The third-order valence-electron chi connectivity index (χ3n) is 6.19. The van der Waals surface area contributed by atoms with Gasteiger partial charge in [0.2, 0.25) is 0 Å². The van der Waals surface area contributed by atoms with Gasteiger partial charge in [-0.25, -0.2) is 0 Å². The number of benzene rings is 2. The summed E-state index contributed by atoms with van der Waals surface area (Å²) in [5, 5.41) is 4.20. The molecule has 0 saturated carbocycles. The highest BCUT2D eigenvalue weighted by atomic mass is 16.1. The molecule has 1 N–H and O–H groups in total. The quantitative estimate of drug-likeness (QED) is 0.360. The molecule has 2 aromatic carbocycles. The van der Waals surface area contributed by atoms with E-state index in [0.717, 1.165) is 73.5 Å². The lowest BCUT2D eigenvalue weighted by Gasteiger charge is -2.23. The van der Waals surface area contributed by atoms with Crippen LogP contribution in [-0.2, 0) is 25.7 Å². The van der Waals surface area contributed by atoms with Crippen LogP contribution in [0.1, 0.15) is 91.6 Å². The first-order valence-corrected chi connectivity index (χ1v) is 12.4. The summed E-state index contributed by atoms with van der Waals surface area (Å²) in [5.74, 6) is -0.0493. The van der Waals surface area contributed by atoms with E-state index in [0.29, 0.717) is 0 Å². The van der Waals surface area contributed by atoms with Crippen LogP contribution >= 0.6 is 0 Å². The summed E-state index contributed by atoms with van der Waals surface area (Å²) in [6.45, 7) is 11.0.